The number of aryl methyl sites for hydroxylation is 1. The fourth-order valence-electron chi connectivity index (χ4n) is 4.54. The number of amides is 1. The van der Waals surface area contributed by atoms with Crippen molar-refractivity contribution in [3.63, 3.8) is 0 Å². The van der Waals surface area contributed by atoms with E-state index >= 15 is 0 Å². The van der Waals surface area contributed by atoms with Crippen LogP contribution in [-0.4, -0.2) is 44.1 Å². The van der Waals surface area contributed by atoms with E-state index in [1.165, 1.54) is 11.8 Å². The van der Waals surface area contributed by atoms with E-state index in [0.717, 1.165) is 43.5 Å². The molecular weight excluding hydrogens is 476 g/mol. The SMILES string of the molecule is Cc1ccc2nc(N3CCC(C)CC3)c(/C=C3\SC(=S)N(CCc4ccccc4)C3=O)c(=O)n2c1. The molecule has 0 spiro atoms. The van der Waals surface area contributed by atoms with E-state index in [9.17, 15) is 9.59 Å². The first kappa shape index (κ1) is 23.8. The summed E-state index contributed by atoms with van der Waals surface area (Å²) in [6.45, 7) is 6.40. The highest BCUT2D eigenvalue weighted by molar-refractivity contribution is 8.26. The summed E-state index contributed by atoms with van der Waals surface area (Å²) in [5.41, 5.74) is 3.02. The van der Waals surface area contributed by atoms with Gasteiger partial charge in [0.2, 0.25) is 0 Å². The Hall–Kier alpha value is -2.97. The fraction of sp³-hybridized carbons (Fsp3) is 0.333. The van der Waals surface area contributed by atoms with Gasteiger partial charge in [-0.15, -0.1) is 0 Å². The van der Waals surface area contributed by atoms with Crippen molar-refractivity contribution in [2.24, 2.45) is 5.92 Å². The summed E-state index contributed by atoms with van der Waals surface area (Å²) >= 11 is 6.80. The average molecular weight is 505 g/mol. The zero-order chi connectivity index (χ0) is 24.5. The van der Waals surface area contributed by atoms with Crippen molar-refractivity contribution in [3.8, 4) is 0 Å². The van der Waals surface area contributed by atoms with E-state index in [2.05, 4.69) is 11.8 Å². The number of anilines is 1. The summed E-state index contributed by atoms with van der Waals surface area (Å²) < 4.78 is 2.10. The smallest absolute Gasteiger partial charge is 0.267 e. The van der Waals surface area contributed by atoms with Gasteiger partial charge in [-0.05, 0) is 55.4 Å². The molecule has 8 heteroatoms. The molecule has 0 atom stereocenters. The first-order chi connectivity index (χ1) is 16.9. The lowest BCUT2D eigenvalue weighted by molar-refractivity contribution is -0.122. The lowest BCUT2D eigenvalue weighted by Crippen LogP contribution is -2.36. The molecule has 0 bridgehead atoms. The highest BCUT2D eigenvalue weighted by atomic mass is 32.2. The second kappa shape index (κ2) is 9.95. The van der Waals surface area contributed by atoms with Crippen LogP contribution in [-0.2, 0) is 11.2 Å². The number of rotatable bonds is 5. The molecule has 180 valence electrons. The van der Waals surface area contributed by atoms with Crippen LogP contribution >= 0.6 is 24.0 Å². The van der Waals surface area contributed by atoms with Gasteiger partial charge in [-0.25, -0.2) is 4.98 Å². The number of pyridine rings is 1. The van der Waals surface area contributed by atoms with Gasteiger partial charge in [0.05, 0.1) is 10.5 Å². The normalized spacial score (nSPS) is 18.3. The molecule has 35 heavy (non-hydrogen) atoms. The Labute approximate surface area is 214 Å². The van der Waals surface area contributed by atoms with Gasteiger partial charge in [-0.2, -0.15) is 0 Å². The van der Waals surface area contributed by atoms with Crippen molar-refractivity contribution in [1.82, 2.24) is 14.3 Å². The number of hydrogen-bond acceptors (Lipinski definition) is 6. The number of benzene rings is 1. The van der Waals surface area contributed by atoms with Crippen molar-refractivity contribution in [2.45, 2.75) is 33.1 Å². The van der Waals surface area contributed by atoms with Gasteiger partial charge in [0.15, 0.2) is 0 Å². The Morgan fingerprint density at radius 2 is 1.86 bits per heavy atom. The van der Waals surface area contributed by atoms with Crippen molar-refractivity contribution >= 4 is 51.7 Å². The van der Waals surface area contributed by atoms with Crippen LogP contribution in [0.4, 0.5) is 5.82 Å². The maximum absolute atomic E-state index is 13.7. The van der Waals surface area contributed by atoms with Crippen molar-refractivity contribution < 1.29 is 4.79 Å². The lowest BCUT2D eigenvalue weighted by atomic mass is 9.99. The van der Waals surface area contributed by atoms with E-state index in [1.54, 1.807) is 21.6 Å². The molecule has 4 heterocycles. The van der Waals surface area contributed by atoms with E-state index in [4.69, 9.17) is 17.2 Å². The topological polar surface area (TPSA) is 57.9 Å². The Bertz CT molecular complexity index is 1380. The van der Waals surface area contributed by atoms with Crippen LogP contribution in [0.2, 0.25) is 0 Å². The fourth-order valence-corrected chi connectivity index (χ4v) is 5.83. The number of piperidine rings is 1. The molecule has 0 saturated carbocycles. The first-order valence-corrected chi connectivity index (χ1v) is 13.2. The average Bonchev–Trinajstić information content (AvgIpc) is 3.13. The van der Waals surface area contributed by atoms with E-state index in [0.29, 0.717) is 38.7 Å². The minimum Gasteiger partial charge on any atom is -0.356 e. The largest absolute Gasteiger partial charge is 0.356 e. The number of thiocarbonyl (C=S) groups is 1. The Morgan fingerprint density at radius 3 is 2.60 bits per heavy atom. The minimum atomic E-state index is -0.165. The second-order valence-corrected chi connectivity index (χ2v) is 11.0. The second-order valence-electron chi connectivity index (χ2n) is 9.33. The summed E-state index contributed by atoms with van der Waals surface area (Å²) in [6.07, 6.45) is 6.33. The predicted octanol–water partition coefficient (Wildman–Crippen LogP) is 4.68. The number of hydrogen-bond donors (Lipinski definition) is 0. The highest BCUT2D eigenvalue weighted by Crippen LogP contribution is 2.34. The van der Waals surface area contributed by atoms with Crippen LogP contribution in [0.3, 0.4) is 0 Å². The summed E-state index contributed by atoms with van der Waals surface area (Å²) in [6, 6.07) is 13.9. The van der Waals surface area contributed by atoms with E-state index in [-0.39, 0.29) is 11.5 Å². The van der Waals surface area contributed by atoms with Gasteiger partial charge in [-0.1, -0.05) is 67.3 Å². The zero-order valence-corrected chi connectivity index (χ0v) is 21.6. The Balaban J connectivity index is 1.51. The first-order valence-electron chi connectivity index (χ1n) is 12.0. The number of fused-ring (bicyclic) bond motifs is 1. The number of carbonyl (C=O) groups excluding carboxylic acids is 1. The number of carbonyl (C=O) groups is 1. The van der Waals surface area contributed by atoms with E-state index < -0.39 is 0 Å². The number of aromatic nitrogens is 2. The van der Waals surface area contributed by atoms with Crippen LogP contribution in [0.15, 0.2) is 58.4 Å². The molecule has 1 amide bonds. The molecule has 1 aromatic carbocycles. The quantitative estimate of drug-likeness (QED) is 0.371. The molecule has 0 radical (unpaired) electrons. The maximum atomic E-state index is 13.7. The third-order valence-electron chi connectivity index (χ3n) is 6.68. The Morgan fingerprint density at radius 1 is 1.11 bits per heavy atom. The molecule has 0 aliphatic carbocycles. The zero-order valence-electron chi connectivity index (χ0n) is 19.9. The molecule has 2 saturated heterocycles. The van der Waals surface area contributed by atoms with Gasteiger partial charge in [-0.3, -0.25) is 18.9 Å². The standard InChI is InChI=1S/C27H28N4O2S2/c1-18-10-13-29(14-11-18)24-21(25(32)31-17-19(2)8-9-23(31)28-24)16-22-26(33)30(27(34)35-22)15-12-20-6-4-3-5-7-20/h3-9,16-18H,10-15H2,1-2H3/b22-16-. The van der Waals surface area contributed by atoms with Gasteiger partial charge >= 0.3 is 0 Å². The van der Waals surface area contributed by atoms with Gasteiger partial charge in [0, 0.05) is 25.8 Å². The van der Waals surface area contributed by atoms with Crippen LogP contribution < -0.4 is 10.5 Å². The monoisotopic (exact) mass is 504 g/mol. The van der Waals surface area contributed by atoms with Crippen LogP contribution in [0.25, 0.3) is 11.7 Å². The third kappa shape index (κ3) is 4.90. The molecule has 3 aromatic rings. The molecule has 2 aromatic heterocycles. The molecule has 0 N–H and O–H groups in total. The minimum absolute atomic E-state index is 0.150. The van der Waals surface area contributed by atoms with Gasteiger partial charge in [0.1, 0.15) is 15.8 Å². The molecular formula is C27H28N4O2S2. The van der Waals surface area contributed by atoms with Gasteiger partial charge in [0.25, 0.3) is 11.5 Å². The van der Waals surface area contributed by atoms with Crippen LogP contribution in [0.1, 0.15) is 36.5 Å². The summed E-state index contributed by atoms with van der Waals surface area (Å²) in [4.78, 5) is 36.1. The van der Waals surface area contributed by atoms with Gasteiger partial charge < -0.3 is 4.90 Å². The summed E-state index contributed by atoms with van der Waals surface area (Å²) in [5.74, 6) is 1.16. The molecule has 2 aliphatic rings. The lowest BCUT2D eigenvalue weighted by Gasteiger charge is -2.32. The van der Waals surface area contributed by atoms with Crippen molar-refractivity contribution in [2.75, 3.05) is 24.5 Å². The maximum Gasteiger partial charge on any atom is 0.267 e. The highest BCUT2D eigenvalue weighted by Gasteiger charge is 2.33. The van der Waals surface area contributed by atoms with Crippen molar-refractivity contribution in [3.05, 3.63) is 80.6 Å². The molecule has 2 aliphatic heterocycles. The Kier molecular flexibility index (Phi) is 6.75. The molecule has 2 fully saturated rings. The summed E-state index contributed by atoms with van der Waals surface area (Å²) in [5, 5.41) is 0. The van der Waals surface area contributed by atoms with Crippen LogP contribution in [0, 0.1) is 12.8 Å². The van der Waals surface area contributed by atoms with Crippen molar-refractivity contribution in [1.29, 1.82) is 0 Å². The predicted molar refractivity (Wildman–Crippen MR) is 147 cm³/mol. The summed E-state index contributed by atoms with van der Waals surface area (Å²) in [7, 11) is 0. The van der Waals surface area contributed by atoms with E-state index in [1.807, 2.05) is 49.4 Å². The molecule has 5 rings (SSSR count). The number of nitrogens with zero attached hydrogens (tertiary/aromatic N) is 4. The van der Waals surface area contributed by atoms with Crippen LogP contribution in [0.5, 0.6) is 0 Å². The molecule has 0 unspecified atom stereocenters. The molecule has 6 nitrogen and oxygen atoms in total. The number of thioether (sulfide) groups is 1. The third-order valence-corrected chi connectivity index (χ3v) is 8.06.